The molecule has 7 heteroatoms. The van der Waals surface area contributed by atoms with E-state index < -0.39 is 5.91 Å². The summed E-state index contributed by atoms with van der Waals surface area (Å²) < 4.78 is 1.66. The lowest BCUT2D eigenvalue weighted by Crippen LogP contribution is -2.30. The molecular weight excluding hydrogens is 226 g/mol. The molecule has 1 rings (SSSR count). The Labute approximate surface area is 98.9 Å². The number of nitrogens with one attached hydrogen (secondary N) is 1. The molecule has 0 aromatic carbocycles. The van der Waals surface area contributed by atoms with Crippen molar-refractivity contribution in [3.63, 3.8) is 0 Å². The smallest absolute Gasteiger partial charge is 0.287 e. The zero-order valence-corrected chi connectivity index (χ0v) is 10.2. The molecule has 0 spiro atoms. The first kappa shape index (κ1) is 13.0. The van der Waals surface area contributed by atoms with Crippen LogP contribution < -0.4 is 11.3 Å². The maximum absolute atomic E-state index is 11.1. The van der Waals surface area contributed by atoms with Crippen molar-refractivity contribution < 1.29 is 4.79 Å². The Kier molecular flexibility index (Phi) is 5.87. The molecule has 0 aliphatic heterocycles. The second-order valence-corrected chi connectivity index (χ2v) is 4.53. The fourth-order valence-electron chi connectivity index (χ4n) is 1.09. The Balaban J connectivity index is 2.27. The number of aromatic nitrogens is 3. The lowest BCUT2D eigenvalue weighted by atomic mass is 10.4. The van der Waals surface area contributed by atoms with Crippen molar-refractivity contribution in [1.29, 1.82) is 0 Å². The second-order valence-electron chi connectivity index (χ2n) is 3.31. The standard InChI is InChI=1S/C9H17N5OS/c1-2-3-5-16-6-4-14-7-8(12-13-14)9(15)11-10/h7H,2-6,10H2,1H3,(H,11,15). The summed E-state index contributed by atoms with van der Waals surface area (Å²) in [4.78, 5) is 11.1. The van der Waals surface area contributed by atoms with Gasteiger partial charge in [-0.15, -0.1) is 5.10 Å². The molecule has 3 N–H and O–H groups in total. The number of hydrazine groups is 1. The highest BCUT2D eigenvalue weighted by Gasteiger charge is 2.08. The Morgan fingerprint density at radius 3 is 3.12 bits per heavy atom. The largest absolute Gasteiger partial charge is 0.289 e. The van der Waals surface area contributed by atoms with E-state index in [2.05, 4.69) is 17.2 Å². The van der Waals surface area contributed by atoms with Crippen LogP contribution in [0.25, 0.3) is 0 Å². The molecule has 1 aromatic heterocycles. The Morgan fingerprint density at radius 2 is 2.44 bits per heavy atom. The Hall–Kier alpha value is -1.08. The summed E-state index contributed by atoms with van der Waals surface area (Å²) in [7, 11) is 0. The number of carbonyl (C=O) groups is 1. The number of thioether (sulfide) groups is 1. The Morgan fingerprint density at radius 1 is 1.62 bits per heavy atom. The molecule has 1 amide bonds. The molecule has 0 aliphatic carbocycles. The van der Waals surface area contributed by atoms with Gasteiger partial charge in [0.2, 0.25) is 0 Å². The zero-order chi connectivity index (χ0) is 11.8. The maximum Gasteiger partial charge on any atom is 0.287 e. The number of amides is 1. The molecule has 0 saturated heterocycles. The zero-order valence-electron chi connectivity index (χ0n) is 9.35. The average Bonchev–Trinajstić information content (AvgIpc) is 2.76. The van der Waals surface area contributed by atoms with Gasteiger partial charge in [0.15, 0.2) is 5.69 Å². The fourth-order valence-corrected chi connectivity index (χ4v) is 2.11. The van der Waals surface area contributed by atoms with E-state index in [9.17, 15) is 4.79 Å². The molecule has 0 saturated carbocycles. The van der Waals surface area contributed by atoms with Crippen LogP contribution in [-0.4, -0.2) is 32.4 Å². The molecule has 6 nitrogen and oxygen atoms in total. The number of carbonyl (C=O) groups excluding carboxylic acids is 1. The number of hydrogen-bond acceptors (Lipinski definition) is 5. The van der Waals surface area contributed by atoms with E-state index in [4.69, 9.17) is 5.84 Å². The number of hydrogen-bond donors (Lipinski definition) is 2. The van der Waals surface area contributed by atoms with E-state index in [-0.39, 0.29) is 5.69 Å². The predicted octanol–water partition coefficient (Wildman–Crippen LogP) is 0.415. The van der Waals surface area contributed by atoms with Crippen LogP contribution in [0, 0.1) is 0 Å². The van der Waals surface area contributed by atoms with Crippen LogP contribution in [0.4, 0.5) is 0 Å². The maximum atomic E-state index is 11.1. The van der Waals surface area contributed by atoms with E-state index in [0.717, 1.165) is 12.3 Å². The summed E-state index contributed by atoms with van der Waals surface area (Å²) in [6.45, 7) is 2.94. The van der Waals surface area contributed by atoms with E-state index in [1.807, 2.05) is 17.2 Å². The van der Waals surface area contributed by atoms with E-state index >= 15 is 0 Å². The second kappa shape index (κ2) is 7.24. The van der Waals surface area contributed by atoms with Crippen molar-refractivity contribution in [2.75, 3.05) is 11.5 Å². The van der Waals surface area contributed by atoms with Crippen LogP contribution in [-0.2, 0) is 6.54 Å². The third-order valence-electron chi connectivity index (χ3n) is 2.01. The van der Waals surface area contributed by atoms with Gasteiger partial charge in [-0.2, -0.15) is 11.8 Å². The monoisotopic (exact) mass is 243 g/mol. The van der Waals surface area contributed by atoms with E-state index in [0.29, 0.717) is 0 Å². The van der Waals surface area contributed by atoms with Crippen LogP contribution >= 0.6 is 11.8 Å². The minimum absolute atomic E-state index is 0.251. The van der Waals surface area contributed by atoms with Gasteiger partial charge in [-0.3, -0.25) is 14.9 Å². The molecule has 0 aliphatic rings. The highest BCUT2D eigenvalue weighted by molar-refractivity contribution is 7.99. The average molecular weight is 243 g/mol. The lowest BCUT2D eigenvalue weighted by Gasteiger charge is -1.99. The SMILES string of the molecule is CCCCSCCn1cc(C(=O)NN)nn1. The van der Waals surface area contributed by atoms with Gasteiger partial charge >= 0.3 is 0 Å². The molecule has 1 aromatic rings. The molecule has 0 radical (unpaired) electrons. The van der Waals surface area contributed by atoms with Gasteiger partial charge in [-0.05, 0) is 12.2 Å². The summed E-state index contributed by atoms with van der Waals surface area (Å²) in [6, 6.07) is 0. The van der Waals surface area contributed by atoms with E-state index in [1.165, 1.54) is 18.6 Å². The highest BCUT2D eigenvalue weighted by Crippen LogP contribution is 2.05. The van der Waals surface area contributed by atoms with Gasteiger partial charge in [0.1, 0.15) is 0 Å². The third-order valence-corrected chi connectivity index (χ3v) is 3.06. The number of nitrogen functional groups attached to an aromatic ring is 1. The van der Waals surface area contributed by atoms with E-state index in [1.54, 1.807) is 10.9 Å². The summed E-state index contributed by atoms with van der Waals surface area (Å²) in [5.74, 6) is 6.72. The van der Waals surface area contributed by atoms with Crippen molar-refractivity contribution in [2.45, 2.75) is 26.3 Å². The molecule has 0 fully saturated rings. The summed E-state index contributed by atoms with van der Waals surface area (Å²) >= 11 is 1.88. The van der Waals surface area contributed by atoms with Gasteiger partial charge < -0.3 is 0 Å². The number of nitrogens with two attached hydrogens (primary N) is 1. The third kappa shape index (κ3) is 4.19. The highest BCUT2D eigenvalue weighted by atomic mass is 32.2. The van der Waals surface area contributed by atoms with Crippen molar-refractivity contribution in [3.8, 4) is 0 Å². The molecule has 0 bridgehead atoms. The van der Waals surface area contributed by atoms with Gasteiger partial charge in [-0.1, -0.05) is 18.6 Å². The first-order valence-corrected chi connectivity index (χ1v) is 6.42. The minimum atomic E-state index is -0.412. The van der Waals surface area contributed by atoms with Gasteiger partial charge in [0.05, 0.1) is 12.7 Å². The molecule has 1 heterocycles. The summed E-state index contributed by atoms with van der Waals surface area (Å²) in [5, 5.41) is 7.55. The van der Waals surface area contributed by atoms with Crippen molar-refractivity contribution in [3.05, 3.63) is 11.9 Å². The first-order chi connectivity index (χ1) is 7.77. The summed E-state index contributed by atoms with van der Waals surface area (Å²) in [6.07, 6.45) is 4.06. The number of rotatable bonds is 7. The minimum Gasteiger partial charge on any atom is -0.289 e. The van der Waals surface area contributed by atoms with Crippen LogP contribution in [0.1, 0.15) is 30.3 Å². The summed E-state index contributed by atoms with van der Waals surface area (Å²) in [5.41, 5.74) is 2.27. The van der Waals surface area contributed by atoms with Crippen LogP contribution in [0.15, 0.2) is 6.20 Å². The number of nitrogens with zero attached hydrogens (tertiary/aromatic N) is 3. The van der Waals surface area contributed by atoms with Crippen molar-refractivity contribution in [1.82, 2.24) is 20.4 Å². The number of aryl methyl sites for hydroxylation is 1. The molecule has 0 atom stereocenters. The van der Waals surface area contributed by atoms with Gasteiger partial charge in [0, 0.05) is 5.75 Å². The van der Waals surface area contributed by atoms with Crippen molar-refractivity contribution >= 4 is 17.7 Å². The fraction of sp³-hybridized carbons (Fsp3) is 0.667. The number of unbranched alkanes of at least 4 members (excludes halogenated alkanes) is 1. The first-order valence-electron chi connectivity index (χ1n) is 5.26. The van der Waals surface area contributed by atoms with Crippen molar-refractivity contribution in [2.24, 2.45) is 5.84 Å². The van der Waals surface area contributed by atoms with Gasteiger partial charge in [-0.25, -0.2) is 5.84 Å². The van der Waals surface area contributed by atoms with Crippen LogP contribution in [0.2, 0.25) is 0 Å². The van der Waals surface area contributed by atoms with Crippen LogP contribution in [0.5, 0.6) is 0 Å². The Bertz CT molecular complexity index is 327. The lowest BCUT2D eigenvalue weighted by molar-refractivity contribution is 0.0948. The molecule has 16 heavy (non-hydrogen) atoms. The normalized spacial score (nSPS) is 10.4. The molecule has 90 valence electrons. The molecular formula is C9H17N5OS. The topological polar surface area (TPSA) is 85.8 Å². The molecule has 0 unspecified atom stereocenters. The predicted molar refractivity (Wildman–Crippen MR) is 63.9 cm³/mol. The van der Waals surface area contributed by atoms with Crippen LogP contribution in [0.3, 0.4) is 0 Å². The quantitative estimate of drug-likeness (QED) is 0.313. The van der Waals surface area contributed by atoms with Gasteiger partial charge in [0.25, 0.3) is 5.91 Å².